The average molecular weight is 267 g/mol. The van der Waals surface area contributed by atoms with Crippen molar-refractivity contribution in [2.75, 3.05) is 6.54 Å². The fourth-order valence-corrected chi connectivity index (χ4v) is 3.28. The van der Waals surface area contributed by atoms with Crippen LogP contribution < -0.4 is 5.32 Å². The molecule has 1 saturated carbocycles. The molecule has 0 spiro atoms. The molecule has 20 heavy (non-hydrogen) atoms. The molecule has 106 valence electrons. The highest BCUT2D eigenvalue weighted by atomic mass is 14.9. The van der Waals surface area contributed by atoms with Gasteiger partial charge in [-0.15, -0.1) is 0 Å². The second-order valence-electron chi connectivity index (χ2n) is 6.84. The SMILES string of the molecule is Cc1ccc2ccccc2c1C(C)(C)CCNC1CC1. The molecule has 0 amide bonds. The van der Waals surface area contributed by atoms with Gasteiger partial charge in [-0.2, -0.15) is 0 Å². The largest absolute Gasteiger partial charge is 0.314 e. The molecule has 0 heterocycles. The van der Waals surface area contributed by atoms with Gasteiger partial charge in [0.1, 0.15) is 0 Å². The van der Waals surface area contributed by atoms with Crippen molar-refractivity contribution >= 4 is 10.8 Å². The third-order valence-corrected chi connectivity index (χ3v) is 4.57. The number of fused-ring (bicyclic) bond motifs is 1. The molecule has 1 fully saturated rings. The van der Waals surface area contributed by atoms with Crippen LogP contribution in [0.4, 0.5) is 0 Å². The summed E-state index contributed by atoms with van der Waals surface area (Å²) in [4.78, 5) is 0. The van der Waals surface area contributed by atoms with Crippen LogP contribution in [0, 0.1) is 6.92 Å². The fraction of sp³-hybridized carbons (Fsp3) is 0.474. The Morgan fingerprint density at radius 3 is 2.60 bits per heavy atom. The third-order valence-electron chi connectivity index (χ3n) is 4.57. The van der Waals surface area contributed by atoms with Gasteiger partial charge >= 0.3 is 0 Å². The van der Waals surface area contributed by atoms with Crippen molar-refractivity contribution < 1.29 is 0 Å². The molecule has 1 aliphatic carbocycles. The van der Waals surface area contributed by atoms with Crippen molar-refractivity contribution in [2.24, 2.45) is 0 Å². The minimum Gasteiger partial charge on any atom is -0.314 e. The maximum absolute atomic E-state index is 3.65. The quantitative estimate of drug-likeness (QED) is 0.837. The highest BCUT2D eigenvalue weighted by Gasteiger charge is 2.26. The van der Waals surface area contributed by atoms with Gasteiger partial charge in [-0.3, -0.25) is 0 Å². The Labute approximate surface area is 122 Å². The van der Waals surface area contributed by atoms with E-state index < -0.39 is 0 Å². The van der Waals surface area contributed by atoms with Crippen molar-refractivity contribution in [3.8, 4) is 0 Å². The molecule has 1 heteroatoms. The number of hydrogen-bond acceptors (Lipinski definition) is 1. The van der Waals surface area contributed by atoms with Crippen LogP contribution in [0.3, 0.4) is 0 Å². The van der Waals surface area contributed by atoms with E-state index in [1.165, 1.54) is 41.2 Å². The zero-order valence-electron chi connectivity index (χ0n) is 12.9. The summed E-state index contributed by atoms with van der Waals surface area (Å²) < 4.78 is 0. The molecule has 1 nitrogen and oxygen atoms in total. The lowest BCUT2D eigenvalue weighted by atomic mass is 9.77. The predicted octanol–water partition coefficient (Wildman–Crippen LogP) is 4.57. The molecule has 0 aliphatic heterocycles. The van der Waals surface area contributed by atoms with Crippen LogP contribution in [-0.4, -0.2) is 12.6 Å². The Kier molecular flexibility index (Phi) is 3.55. The van der Waals surface area contributed by atoms with Gasteiger partial charge in [0, 0.05) is 6.04 Å². The summed E-state index contributed by atoms with van der Waals surface area (Å²) in [6.07, 6.45) is 3.93. The van der Waals surface area contributed by atoms with Gasteiger partial charge in [-0.1, -0.05) is 50.2 Å². The van der Waals surface area contributed by atoms with Crippen molar-refractivity contribution in [3.05, 3.63) is 47.5 Å². The van der Waals surface area contributed by atoms with Crippen LogP contribution in [0.1, 0.15) is 44.2 Å². The summed E-state index contributed by atoms with van der Waals surface area (Å²) in [6.45, 7) is 8.14. The highest BCUT2D eigenvalue weighted by Crippen LogP contribution is 2.35. The van der Waals surface area contributed by atoms with Gasteiger partial charge in [0.25, 0.3) is 0 Å². The molecule has 0 unspecified atom stereocenters. The third kappa shape index (κ3) is 2.73. The lowest BCUT2D eigenvalue weighted by Crippen LogP contribution is -2.27. The summed E-state index contributed by atoms with van der Waals surface area (Å²) in [5.74, 6) is 0. The molecule has 1 N–H and O–H groups in total. The first-order valence-corrected chi connectivity index (χ1v) is 7.80. The summed E-state index contributed by atoms with van der Waals surface area (Å²) in [5.41, 5.74) is 3.15. The lowest BCUT2D eigenvalue weighted by molar-refractivity contribution is 0.457. The standard InChI is InChI=1S/C19H25N/c1-14-8-9-15-6-4-5-7-17(15)18(14)19(2,3)12-13-20-16-10-11-16/h4-9,16,20H,10-13H2,1-3H3. The van der Waals surface area contributed by atoms with Gasteiger partial charge in [-0.25, -0.2) is 0 Å². The van der Waals surface area contributed by atoms with Crippen molar-refractivity contribution in [1.29, 1.82) is 0 Å². The van der Waals surface area contributed by atoms with Gasteiger partial charge in [0.2, 0.25) is 0 Å². The van der Waals surface area contributed by atoms with Crippen molar-refractivity contribution in [3.63, 3.8) is 0 Å². The molecule has 0 atom stereocenters. The van der Waals surface area contributed by atoms with Crippen molar-refractivity contribution in [2.45, 2.75) is 51.5 Å². The molecule has 2 aromatic carbocycles. The maximum Gasteiger partial charge on any atom is 0.00682 e. The highest BCUT2D eigenvalue weighted by molar-refractivity contribution is 5.87. The van der Waals surface area contributed by atoms with Gasteiger partial charge in [0.05, 0.1) is 0 Å². The summed E-state index contributed by atoms with van der Waals surface area (Å²) >= 11 is 0. The monoisotopic (exact) mass is 267 g/mol. The smallest absolute Gasteiger partial charge is 0.00682 e. The van der Waals surface area contributed by atoms with E-state index in [0.29, 0.717) is 0 Å². The second-order valence-corrected chi connectivity index (χ2v) is 6.84. The first kappa shape index (κ1) is 13.6. The maximum atomic E-state index is 3.65. The Morgan fingerprint density at radius 1 is 1.10 bits per heavy atom. The molecule has 0 saturated heterocycles. The van der Waals surface area contributed by atoms with Crippen LogP contribution in [0.15, 0.2) is 36.4 Å². The zero-order chi connectivity index (χ0) is 14.2. The van der Waals surface area contributed by atoms with Crippen LogP contribution >= 0.6 is 0 Å². The summed E-state index contributed by atoms with van der Waals surface area (Å²) in [6, 6.07) is 14.1. The molecular weight excluding hydrogens is 242 g/mol. The lowest BCUT2D eigenvalue weighted by Gasteiger charge is -2.29. The number of aryl methyl sites for hydroxylation is 1. The Morgan fingerprint density at radius 2 is 1.85 bits per heavy atom. The van der Waals surface area contributed by atoms with E-state index in [0.717, 1.165) is 12.6 Å². The van der Waals surface area contributed by atoms with E-state index in [4.69, 9.17) is 0 Å². The number of rotatable bonds is 5. The number of nitrogens with one attached hydrogen (secondary N) is 1. The molecule has 1 aliphatic rings. The van der Waals surface area contributed by atoms with Crippen LogP contribution in [0.2, 0.25) is 0 Å². The number of hydrogen-bond donors (Lipinski definition) is 1. The topological polar surface area (TPSA) is 12.0 Å². The second kappa shape index (κ2) is 5.21. The predicted molar refractivity (Wildman–Crippen MR) is 87.4 cm³/mol. The molecular formula is C19H25N. The molecule has 2 aromatic rings. The first-order valence-electron chi connectivity index (χ1n) is 7.80. The van der Waals surface area contributed by atoms with E-state index in [1.807, 2.05) is 0 Å². The van der Waals surface area contributed by atoms with Crippen molar-refractivity contribution in [1.82, 2.24) is 5.32 Å². The Bertz CT molecular complexity index is 608. The number of benzene rings is 2. The van der Waals surface area contributed by atoms with Crippen LogP contribution in [0.25, 0.3) is 10.8 Å². The normalized spacial score (nSPS) is 15.8. The van der Waals surface area contributed by atoms with Gasteiger partial charge < -0.3 is 5.32 Å². The minimum absolute atomic E-state index is 0.215. The first-order chi connectivity index (χ1) is 9.58. The van der Waals surface area contributed by atoms with Gasteiger partial charge in [-0.05, 0) is 60.0 Å². The van der Waals surface area contributed by atoms with E-state index >= 15 is 0 Å². The van der Waals surface area contributed by atoms with Gasteiger partial charge in [0.15, 0.2) is 0 Å². The van der Waals surface area contributed by atoms with E-state index in [2.05, 4.69) is 62.5 Å². The minimum atomic E-state index is 0.215. The molecule has 0 bridgehead atoms. The van der Waals surface area contributed by atoms with E-state index in [-0.39, 0.29) is 5.41 Å². The zero-order valence-corrected chi connectivity index (χ0v) is 12.9. The average Bonchev–Trinajstić information content (AvgIpc) is 3.22. The Hall–Kier alpha value is -1.34. The van der Waals surface area contributed by atoms with Crippen LogP contribution in [-0.2, 0) is 5.41 Å². The fourth-order valence-electron chi connectivity index (χ4n) is 3.28. The molecule has 3 rings (SSSR count). The van der Waals surface area contributed by atoms with Crippen LogP contribution in [0.5, 0.6) is 0 Å². The summed E-state index contributed by atoms with van der Waals surface area (Å²) in [7, 11) is 0. The molecule has 0 radical (unpaired) electrons. The molecule has 0 aromatic heterocycles. The van der Waals surface area contributed by atoms with E-state index in [9.17, 15) is 0 Å². The van der Waals surface area contributed by atoms with E-state index in [1.54, 1.807) is 0 Å². The summed E-state index contributed by atoms with van der Waals surface area (Å²) in [5, 5.41) is 6.43. The Balaban J connectivity index is 1.91.